The maximum absolute atomic E-state index is 10.3. The first-order valence-electron chi connectivity index (χ1n) is 2.63. The van der Waals surface area contributed by atoms with E-state index >= 15 is 0 Å². The van der Waals surface area contributed by atoms with Crippen molar-refractivity contribution in [3.8, 4) is 0 Å². The van der Waals surface area contributed by atoms with E-state index in [1.54, 1.807) is 0 Å². The van der Waals surface area contributed by atoms with Gasteiger partial charge in [0, 0.05) is 17.1 Å². The molecule has 1 rings (SSSR count). The monoisotopic (exact) mass is 247 g/mol. The molecule has 81 valence electrons. The van der Waals surface area contributed by atoms with Crippen LogP contribution in [-0.4, -0.2) is 43.1 Å². The molecule has 8 nitrogen and oxygen atoms in total. The molecule has 1 aromatic heterocycles. The van der Waals surface area contributed by atoms with Crippen LogP contribution in [0.25, 0.3) is 0 Å². The fourth-order valence-electron chi connectivity index (χ4n) is 0.619. The van der Waals surface area contributed by atoms with Crippen LogP contribution in [0.15, 0.2) is 6.33 Å². The van der Waals surface area contributed by atoms with E-state index in [0.29, 0.717) is 0 Å². The molecule has 1 heterocycles. The largest absolute Gasteiger partial charge is 0.477 e. The summed E-state index contributed by atoms with van der Waals surface area (Å²) in [5.41, 5.74) is -0.880. The number of carboxylic acid groups (broad SMARTS) is 2. The van der Waals surface area contributed by atoms with E-state index in [4.69, 9.17) is 10.2 Å². The number of aromatic carboxylic acids is 2. The molecule has 0 unspecified atom stereocenters. The molecule has 0 spiro atoms. The number of rotatable bonds is 2. The zero-order valence-electron chi connectivity index (χ0n) is 6.61. The number of carboxylic acids is 2. The number of nitrogens with one attached hydrogen (secondary N) is 1. The van der Waals surface area contributed by atoms with E-state index in [1.165, 1.54) is 0 Å². The van der Waals surface area contributed by atoms with Gasteiger partial charge in [0.05, 0.1) is 6.33 Å². The smallest absolute Gasteiger partial charge is 0.357 e. The second-order valence-electron chi connectivity index (χ2n) is 1.74. The van der Waals surface area contributed by atoms with E-state index in [2.05, 4.69) is 9.97 Å². The quantitative estimate of drug-likeness (QED) is 0.521. The van der Waals surface area contributed by atoms with Crippen LogP contribution in [0, 0.1) is 0 Å². The van der Waals surface area contributed by atoms with E-state index < -0.39 is 23.3 Å². The summed E-state index contributed by atoms with van der Waals surface area (Å²) in [7, 11) is 0. The first kappa shape index (κ1) is 18.4. The number of hydrogen-bond donors (Lipinski definition) is 3. The van der Waals surface area contributed by atoms with Crippen LogP contribution in [0.2, 0.25) is 0 Å². The van der Waals surface area contributed by atoms with E-state index in [0.717, 1.165) is 6.33 Å². The SMILES string of the molecule is O.O.O=C(O)c1nc[nH]c1C(=O)O.[Mn]. The van der Waals surface area contributed by atoms with E-state index in [9.17, 15) is 9.59 Å². The first-order chi connectivity index (χ1) is 5.13. The third-order valence-electron chi connectivity index (χ3n) is 1.06. The minimum Gasteiger partial charge on any atom is -0.477 e. The molecule has 1 radical (unpaired) electrons. The third kappa shape index (κ3) is 3.54. The van der Waals surface area contributed by atoms with Gasteiger partial charge in [0.15, 0.2) is 11.4 Å². The average molecular weight is 247 g/mol. The molecule has 0 aliphatic carbocycles. The molecule has 0 saturated heterocycles. The molecule has 0 fully saturated rings. The van der Waals surface area contributed by atoms with E-state index in [1.807, 2.05) is 0 Å². The van der Waals surface area contributed by atoms with Crippen molar-refractivity contribution in [3.05, 3.63) is 17.7 Å². The molecule has 0 saturated carbocycles. The van der Waals surface area contributed by atoms with Crippen LogP contribution >= 0.6 is 0 Å². The van der Waals surface area contributed by atoms with Crippen LogP contribution in [0.4, 0.5) is 0 Å². The van der Waals surface area contributed by atoms with Gasteiger partial charge >= 0.3 is 11.9 Å². The second kappa shape index (κ2) is 7.04. The van der Waals surface area contributed by atoms with Crippen molar-refractivity contribution < 1.29 is 47.8 Å². The van der Waals surface area contributed by atoms with Crippen LogP contribution < -0.4 is 0 Å². The van der Waals surface area contributed by atoms with Gasteiger partial charge in [-0.2, -0.15) is 0 Å². The summed E-state index contributed by atoms with van der Waals surface area (Å²) in [5, 5.41) is 16.7. The Labute approximate surface area is 88.1 Å². The molecule has 0 aliphatic rings. The van der Waals surface area contributed by atoms with Gasteiger partial charge in [-0.15, -0.1) is 0 Å². The Kier molecular flexibility index (Phi) is 9.24. The number of aromatic amines is 1. The predicted octanol–water partition coefficient (Wildman–Crippen LogP) is -1.85. The molecule has 0 aliphatic heterocycles. The Hall–Kier alpha value is -1.41. The van der Waals surface area contributed by atoms with Gasteiger partial charge in [-0.05, 0) is 0 Å². The number of H-pyrrole nitrogens is 1. The first-order valence-corrected chi connectivity index (χ1v) is 2.63. The van der Waals surface area contributed by atoms with Crippen molar-refractivity contribution in [1.29, 1.82) is 0 Å². The van der Waals surface area contributed by atoms with Gasteiger partial charge in [-0.3, -0.25) is 0 Å². The minimum atomic E-state index is -1.36. The van der Waals surface area contributed by atoms with Crippen LogP contribution in [-0.2, 0) is 17.1 Å². The molecule has 14 heavy (non-hydrogen) atoms. The van der Waals surface area contributed by atoms with Crippen molar-refractivity contribution in [2.75, 3.05) is 0 Å². The molecule has 7 N–H and O–H groups in total. The summed E-state index contributed by atoms with van der Waals surface area (Å²) in [4.78, 5) is 26.0. The minimum absolute atomic E-state index is 0. The van der Waals surface area contributed by atoms with Gasteiger partial charge in [0.1, 0.15) is 0 Å². The van der Waals surface area contributed by atoms with Crippen LogP contribution in [0.5, 0.6) is 0 Å². The topological polar surface area (TPSA) is 166 Å². The number of hydrogen-bond acceptors (Lipinski definition) is 3. The number of nitrogens with zero attached hydrogens (tertiary/aromatic N) is 1. The molecule has 0 aromatic carbocycles. The maximum Gasteiger partial charge on any atom is 0.357 e. The van der Waals surface area contributed by atoms with E-state index in [-0.39, 0.29) is 28.0 Å². The van der Waals surface area contributed by atoms with Crippen molar-refractivity contribution in [3.63, 3.8) is 0 Å². The summed E-state index contributed by atoms with van der Waals surface area (Å²) < 4.78 is 0. The van der Waals surface area contributed by atoms with Gasteiger partial charge in [0.2, 0.25) is 0 Å². The molecule has 9 heteroatoms. The number of imidazole rings is 1. The molecule has 0 atom stereocenters. The Balaban J connectivity index is -0.000000403. The van der Waals surface area contributed by atoms with Crippen molar-refractivity contribution in [2.24, 2.45) is 0 Å². The summed E-state index contributed by atoms with van der Waals surface area (Å²) in [5.74, 6) is -2.69. The van der Waals surface area contributed by atoms with Crippen LogP contribution in [0.1, 0.15) is 21.0 Å². The number of carbonyl (C=O) groups is 2. The van der Waals surface area contributed by atoms with Crippen molar-refractivity contribution in [1.82, 2.24) is 9.97 Å². The zero-order chi connectivity index (χ0) is 8.43. The number of aromatic nitrogens is 2. The summed E-state index contributed by atoms with van der Waals surface area (Å²) in [6, 6.07) is 0. The fourth-order valence-corrected chi connectivity index (χ4v) is 0.619. The van der Waals surface area contributed by atoms with Gasteiger partial charge < -0.3 is 26.1 Å². The standard InChI is InChI=1S/C5H4N2O4.Mn.2H2O/c8-4(9)2-3(5(10)11)7-1-6-2;;;/h1H,(H,6,7)(H,8,9)(H,10,11);;2*1H2. The normalized spacial score (nSPS) is 7.43. The van der Waals surface area contributed by atoms with Crippen molar-refractivity contribution in [2.45, 2.75) is 0 Å². The Bertz CT molecular complexity index is 282. The summed E-state index contributed by atoms with van der Waals surface area (Å²) in [6.07, 6.45) is 1.02. The van der Waals surface area contributed by atoms with Crippen LogP contribution in [0.3, 0.4) is 0 Å². The Morgan fingerprint density at radius 2 is 1.71 bits per heavy atom. The fraction of sp³-hybridized carbons (Fsp3) is 0. The summed E-state index contributed by atoms with van der Waals surface area (Å²) in [6.45, 7) is 0. The molecule has 0 bridgehead atoms. The Morgan fingerprint density at radius 3 is 2.00 bits per heavy atom. The van der Waals surface area contributed by atoms with Gasteiger partial charge in [-0.1, -0.05) is 0 Å². The van der Waals surface area contributed by atoms with Gasteiger partial charge in [-0.25, -0.2) is 14.6 Å². The summed E-state index contributed by atoms with van der Waals surface area (Å²) >= 11 is 0. The zero-order valence-corrected chi connectivity index (χ0v) is 7.79. The third-order valence-corrected chi connectivity index (χ3v) is 1.06. The Morgan fingerprint density at radius 1 is 1.21 bits per heavy atom. The van der Waals surface area contributed by atoms with Gasteiger partial charge in [0.25, 0.3) is 0 Å². The molecule has 0 amide bonds. The van der Waals surface area contributed by atoms with Crippen molar-refractivity contribution >= 4 is 11.9 Å². The molecule has 1 aromatic rings. The second-order valence-corrected chi connectivity index (χ2v) is 1.74. The average Bonchev–Trinajstić information content (AvgIpc) is 2.32. The predicted molar refractivity (Wildman–Crippen MR) is 39.7 cm³/mol. The molecular weight excluding hydrogens is 239 g/mol. The molecular formula is C5H8MnN2O6. The maximum atomic E-state index is 10.3.